The summed E-state index contributed by atoms with van der Waals surface area (Å²) in [4.78, 5) is 23.0. The number of rotatable bonds is 5. The highest BCUT2D eigenvalue weighted by atomic mass is 19.4. The summed E-state index contributed by atoms with van der Waals surface area (Å²) in [6, 6.07) is 6.85. The number of hydrogen-bond acceptors (Lipinski definition) is 6. The van der Waals surface area contributed by atoms with E-state index in [1.807, 2.05) is 0 Å². The molecule has 0 fully saturated rings. The molecule has 1 N–H and O–H groups in total. The first-order chi connectivity index (χ1) is 13.6. The largest absolute Gasteiger partial charge is 0.416 e. The standard InChI is InChI=1S/C16H10F4N6O3/c17-11-4-5-12(13(7-11)26(28)29)21-14(27)8-25-23-15(22-24-25)9-2-1-3-10(6-9)16(18,19)20/h1-7H,8H2,(H,21,27). The molecule has 0 bridgehead atoms. The molecule has 9 nitrogen and oxygen atoms in total. The van der Waals surface area contributed by atoms with Gasteiger partial charge in [0.05, 0.1) is 16.6 Å². The van der Waals surface area contributed by atoms with E-state index < -0.39 is 40.6 Å². The summed E-state index contributed by atoms with van der Waals surface area (Å²) in [7, 11) is 0. The lowest BCUT2D eigenvalue weighted by Gasteiger charge is -2.06. The van der Waals surface area contributed by atoms with Crippen LogP contribution in [0, 0.1) is 15.9 Å². The van der Waals surface area contributed by atoms with Gasteiger partial charge < -0.3 is 5.32 Å². The van der Waals surface area contributed by atoms with Crippen LogP contribution in [0.3, 0.4) is 0 Å². The summed E-state index contributed by atoms with van der Waals surface area (Å²) in [5.41, 5.74) is -1.73. The Morgan fingerprint density at radius 2 is 1.97 bits per heavy atom. The Morgan fingerprint density at radius 3 is 2.66 bits per heavy atom. The number of carbonyl (C=O) groups excluding carboxylic acids is 1. The second-order valence-electron chi connectivity index (χ2n) is 5.69. The van der Waals surface area contributed by atoms with Gasteiger partial charge in [-0.1, -0.05) is 12.1 Å². The van der Waals surface area contributed by atoms with Crippen molar-refractivity contribution in [3.05, 3.63) is 64.0 Å². The third-order valence-electron chi connectivity index (χ3n) is 3.62. The topological polar surface area (TPSA) is 116 Å². The van der Waals surface area contributed by atoms with Crippen LogP contribution in [0.5, 0.6) is 0 Å². The molecule has 0 aliphatic carbocycles. The van der Waals surface area contributed by atoms with Gasteiger partial charge in [-0.25, -0.2) is 4.39 Å². The van der Waals surface area contributed by atoms with Crippen molar-refractivity contribution in [1.29, 1.82) is 0 Å². The monoisotopic (exact) mass is 410 g/mol. The first-order valence-electron chi connectivity index (χ1n) is 7.83. The number of nitro benzene ring substituents is 1. The Morgan fingerprint density at radius 1 is 1.21 bits per heavy atom. The first-order valence-corrected chi connectivity index (χ1v) is 7.83. The Hall–Kier alpha value is -3.90. The average Bonchev–Trinajstić information content (AvgIpc) is 3.11. The van der Waals surface area contributed by atoms with Gasteiger partial charge in [0.15, 0.2) is 0 Å². The third-order valence-corrected chi connectivity index (χ3v) is 3.62. The normalized spacial score (nSPS) is 11.3. The fourth-order valence-electron chi connectivity index (χ4n) is 2.34. The van der Waals surface area contributed by atoms with E-state index in [-0.39, 0.29) is 17.1 Å². The summed E-state index contributed by atoms with van der Waals surface area (Å²) >= 11 is 0. The van der Waals surface area contributed by atoms with E-state index in [2.05, 4.69) is 20.7 Å². The summed E-state index contributed by atoms with van der Waals surface area (Å²) in [5, 5.41) is 24.2. The number of carbonyl (C=O) groups is 1. The molecule has 0 unspecified atom stereocenters. The SMILES string of the molecule is O=C(Cn1nnc(-c2cccc(C(F)(F)F)c2)n1)Nc1ccc(F)cc1[N+](=O)[O-]. The van der Waals surface area contributed by atoms with Crippen LogP contribution < -0.4 is 5.32 Å². The van der Waals surface area contributed by atoms with E-state index in [0.29, 0.717) is 6.07 Å². The van der Waals surface area contributed by atoms with Gasteiger partial charge in [-0.05, 0) is 29.5 Å². The van der Waals surface area contributed by atoms with Crippen LogP contribution >= 0.6 is 0 Å². The van der Waals surface area contributed by atoms with Crippen molar-refractivity contribution >= 4 is 17.3 Å². The number of amides is 1. The molecule has 0 aliphatic heterocycles. The summed E-state index contributed by atoms with van der Waals surface area (Å²) in [5.74, 6) is -1.78. The van der Waals surface area contributed by atoms with Crippen molar-refractivity contribution in [1.82, 2.24) is 20.2 Å². The molecule has 0 radical (unpaired) electrons. The number of benzene rings is 2. The number of alkyl halides is 3. The van der Waals surface area contributed by atoms with Crippen LogP contribution in [-0.4, -0.2) is 31.0 Å². The second kappa shape index (κ2) is 7.61. The fourth-order valence-corrected chi connectivity index (χ4v) is 2.34. The molecule has 3 aromatic rings. The van der Waals surface area contributed by atoms with E-state index >= 15 is 0 Å². The molecular formula is C16H10F4N6O3. The van der Waals surface area contributed by atoms with Crippen molar-refractivity contribution in [3.63, 3.8) is 0 Å². The smallest absolute Gasteiger partial charge is 0.319 e. The van der Waals surface area contributed by atoms with Crippen molar-refractivity contribution in [2.24, 2.45) is 0 Å². The molecule has 3 rings (SSSR count). The summed E-state index contributed by atoms with van der Waals surface area (Å²) in [6.45, 7) is -0.527. The third kappa shape index (κ3) is 4.69. The highest BCUT2D eigenvalue weighted by Crippen LogP contribution is 2.31. The van der Waals surface area contributed by atoms with E-state index in [1.165, 1.54) is 12.1 Å². The first kappa shape index (κ1) is 19.9. The van der Waals surface area contributed by atoms with Crippen LogP contribution in [0.2, 0.25) is 0 Å². The number of anilines is 1. The highest BCUT2D eigenvalue weighted by molar-refractivity contribution is 5.92. The minimum Gasteiger partial charge on any atom is -0.319 e. The molecule has 2 aromatic carbocycles. The van der Waals surface area contributed by atoms with Gasteiger partial charge in [-0.15, -0.1) is 10.2 Å². The van der Waals surface area contributed by atoms with Crippen molar-refractivity contribution in [2.45, 2.75) is 12.7 Å². The molecule has 0 saturated carbocycles. The molecule has 150 valence electrons. The second-order valence-corrected chi connectivity index (χ2v) is 5.69. The van der Waals surface area contributed by atoms with Crippen LogP contribution in [0.4, 0.5) is 28.9 Å². The average molecular weight is 410 g/mol. The minimum absolute atomic E-state index is 0.0423. The predicted octanol–water partition coefficient (Wildman–Crippen LogP) is 3.04. The predicted molar refractivity (Wildman–Crippen MR) is 89.9 cm³/mol. The molecule has 1 amide bonds. The van der Waals surface area contributed by atoms with Crippen molar-refractivity contribution in [3.8, 4) is 11.4 Å². The van der Waals surface area contributed by atoms with Gasteiger partial charge >= 0.3 is 6.18 Å². The lowest BCUT2D eigenvalue weighted by Crippen LogP contribution is -2.21. The van der Waals surface area contributed by atoms with Gasteiger partial charge in [0.2, 0.25) is 11.7 Å². The van der Waals surface area contributed by atoms with Gasteiger partial charge in [-0.2, -0.15) is 18.0 Å². The number of nitro groups is 1. The molecular weight excluding hydrogens is 400 g/mol. The molecule has 29 heavy (non-hydrogen) atoms. The highest BCUT2D eigenvalue weighted by Gasteiger charge is 2.30. The van der Waals surface area contributed by atoms with Crippen molar-refractivity contribution in [2.75, 3.05) is 5.32 Å². The molecule has 0 atom stereocenters. The van der Waals surface area contributed by atoms with E-state index in [1.54, 1.807) is 0 Å². The molecule has 1 heterocycles. The minimum atomic E-state index is -4.55. The maximum Gasteiger partial charge on any atom is 0.416 e. The number of nitrogens with zero attached hydrogens (tertiary/aromatic N) is 5. The number of tetrazole rings is 1. The molecule has 0 saturated heterocycles. The number of nitrogens with one attached hydrogen (secondary N) is 1. The van der Waals surface area contributed by atoms with Crippen LogP contribution in [0.15, 0.2) is 42.5 Å². The lowest BCUT2D eigenvalue weighted by molar-refractivity contribution is -0.384. The zero-order valence-electron chi connectivity index (χ0n) is 14.2. The molecule has 0 aliphatic rings. The number of halogens is 4. The summed E-state index contributed by atoms with van der Waals surface area (Å²) in [6.07, 6.45) is -4.55. The number of hydrogen-bond donors (Lipinski definition) is 1. The van der Waals surface area contributed by atoms with Gasteiger partial charge in [0.25, 0.3) is 5.69 Å². The maximum atomic E-state index is 13.1. The Balaban J connectivity index is 1.74. The quantitative estimate of drug-likeness (QED) is 0.393. The lowest BCUT2D eigenvalue weighted by atomic mass is 10.1. The van der Waals surface area contributed by atoms with E-state index in [4.69, 9.17) is 0 Å². The maximum absolute atomic E-state index is 13.1. The van der Waals surface area contributed by atoms with Gasteiger partial charge in [0, 0.05) is 5.56 Å². The van der Waals surface area contributed by atoms with Crippen LogP contribution in [-0.2, 0) is 17.5 Å². The number of aromatic nitrogens is 4. The van der Waals surface area contributed by atoms with E-state index in [0.717, 1.165) is 29.1 Å². The van der Waals surface area contributed by atoms with Crippen LogP contribution in [0.25, 0.3) is 11.4 Å². The van der Waals surface area contributed by atoms with Gasteiger partial charge in [0.1, 0.15) is 18.0 Å². The zero-order valence-corrected chi connectivity index (χ0v) is 14.2. The van der Waals surface area contributed by atoms with Crippen LogP contribution in [0.1, 0.15) is 5.56 Å². The van der Waals surface area contributed by atoms with E-state index in [9.17, 15) is 32.5 Å². The Bertz CT molecular complexity index is 1080. The molecule has 1 aromatic heterocycles. The summed E-state index contributed by atoms with van der Waals surface area (Å²) < 4.78 is 51.5. The molecule has 0 spiro atoms. The van der Waals surface area contributed by atoms with Gasteiger partial charge in [-0.3, -0.25) is 14.9 Å². The molecule has 13 heteroatoms. The fraction of sp³-hybridized carbons (Fsp3) is 0.125. The Kier molecular flexibility index (Phi) is 5.21. The Labute approximate surface area is 159 Å². The van der Waals surface area contributed by atoms with Crippen molar-refractivity contribution < 1.29 is 27.3 Å². The zero-order chi connectivity index (χ0) is 21.2.